The molecule has 0 bridgehead atoms. The lowest BCUT2D eigenvalue weighted by atomic mass is 9.78. The summed E-state index contributed by atoms with van der Waals surface area (Å²) >= 11 is 0. The Morgan fingerprint density at radius 3 is 2.78 bits per heavy atom. The molecule has 1 aliphatic rings. The van der Waals surface area contributed by atoms with Gasteiger partial charge in [-0.1, -0.05) is 26.7 Å². The zero-order valence-corrected chi connectivity index (χ0v) is 16.7. The molecule has 1 N–H and O–H groups in total. The van der Waals surface area contributed by atoms with Crippen molar-refractivity contribution in [2.45, 2.75) is 53.0 Å². The Hall–Kier alpha value is -2.30. The van der Waals surface area contributed by atoms with E-state index in [4.69, 9.17) is 9.47 Å². The molecule has 2 aromatic rings. The summed E-state index contributed by atoms with van der Waals surface area (Å²) in [5, 5.41) is 4.58. The Bertz CT molecular complexity index is 805. The number of nitrogens with one attached hydrogen (secondary N) is 1. The van der Waals surface area contributed by atoms with E-state index in [-0.39, 0.29) is 5.97 Å². The number of ether oxygens (including phenoxy) is 2. The highest BCUT2D eigenvalue weighted by atomic mass is 16.5. The average Bonchev–Trinajstić information content (AvgIpc) is 2.66. The molecule has 5 heteroatoms. The number of anilines is 1. The smallest absolute Gasteiger partial charge is 0.341 e. The van der Waals surface area contributed by atoms with Crippen LogP contribution in [0, 0.1) is 11.8 Å². The number of pyridine rings is 1. The molecule has 3 unspecified atom stereocenters. The van der Waals surface area contributed by atoms with Crippen molar-refractivity contribution in [2.24, 2.45) is 11.8 Å². The Kier molecular flexibility index (Phi) is 6.19. The van der Waals surface area contributed by atoms with Crippen molar-refractivity contribution in [3.05, 3.63) is 30.0 Å². The molecule has 27 heavy (non-hydrogen) atoms. The normalized spacial score (nSPS) is 22.4. The Morgan fingerprint density at radius 1 is 1.22 bits per heavy atom. The largest absolute Gasteiger partial charge is 0.494 e. The molecule has 3 atom stereocenters. The van der Waals surface area contributed by atoms with Crippen LogP contribution in [-0.4, -0.2) is 30.2 Å². The molecule has 0 amide bonds. The predicted octanol–water partition coefficient (Wildman–Crippen LogP) is 5.05. The molecular weight excluding hydrogens is 340 g/mol. The lowest BCUT2D eigenvalue weighted by Gasteiger charge is -2.35. The molecule has 146 valence electrons. The molecule has 1 fully saturated rings. The van der Waals surface area contributed by atoms with E-state index in [0.717, 1.165) is 28.8 Å². The third kappa shape index (κ3) is 4.18. The van der Waals surface area contributed by atoms with E-state index in [9.17, 15) is 4.79 Å². The summed E-state index contributed by atoms with van der Waals surface area (Å²) in [6.45, 7) is 9.31. The van der Waals surface area contributed by atoms with Gasteiger partial charge in [0.1, 0.15) is 11.3 Å². The van der Waals surface area contributed by atoms with Gasteiger partial charge >= 0.3 is 5.97 Å². The Morgan fingerprint density at radius 2 is 2.04 bits per heavy atom. The fourth-order valence-electron chi connectivity index (χ4n) is 3.92. The molecule has 0 saturated heterocycles. The maximum absolute atomic E-state index is 12.6. The van der Waals surface area contributed by atoms with Gasteiger partial charge in [-0.3, -0.25) is 4.98 Å². The standard InChI is InChI=1S/C22H30N2O3/c1-5-26-16-10-11-20-17(12-16)21(18(13-23-20)22(25)27-6-2)24-19-9-7-8-14(3)15(19)4/h10-15,19H,5-9H2,1-4H3,(H,23,24). The van der Waals surface area contributed by atoms with Gasteiger partial charge in [0.15, 0.2) is 0 Å². The summed E-state index contributed by atoms with van der Waals surface area (Å²) in [4.78, 5) is 17.1. The van der Waals surface area contributed by atoms with Crippen molar-refractivity contribution < 1.29 is 14.3 Å². The Balaban J connectivity index is 2.07. The first-order chi connectivity index (χ1) is 13.0. The van der Waals surface area contributed by atoms with Crippen LogP contribution in [0.5, 0.6) is 5.75 Å². The maximum Gasteiger partial charge on any atom is 0.341 e. The monoisotopic (exact) mass is 370 g/mol. The van der Waals surface area contributed by atoms with Crippen molar-refractivity contribution in [1.82, 2.24) is 4.98 Å². The molecule has 1 heterocycles. The van der Waals surface area contributed by atoms with Crippen LogP contribution < -0.4 is 10.1 Å². The second kappa shape index (κ2) is 8.59. The lowest BCUT2D eigenvalue weighted by molar-refractivity contribution is 0.0527. The third-order valence-corrected chi connectivity index (χ3v) is 5.68. The summed E-state index contributed by atoms with van der Waals surface area (Å²) in [5.74, 6) is 1.63. The summed E-state index contributed by atoms with van der Waals surface area (Å²) in [7, 11) is 0. The van der Waals surface area contributed by atoms with Gasteiger partial charge in [-0.15, -0.1) is 0 Å². The maximum atomic E-state index is 12.6. The van der Waals surface area contributed by atoms with Crippen LogP contribution in [0.1, 0.15) is 57.3 Å². The van der Waals surface area contributed by atoms with E-state index in [1.54, 1.807) is 6.20 Å². The summed E-state index contributed by atoms with van der Waals surface area (Å²) in [6, 6.07) is 6.14. The molecular formula is C22H30N2O3. The second-order valence-electron chi connectivity index (χ2n) is 7.40. The van der Waals surface area contributed by atoms with Crippen molar-refractivity contribution in [3.63, 3.8) is 0 Å². The molecule has 0 radical (unpaired) electrons. The number of hydrogen-bond acceptors (Lipinski definition) is 5. The first kappa shape index (κ1) is 19.5. The average molecular weight is 370 g/mol. The van der Waals surface area contributed by atoms with Gasteiger partial charge in [-0.2, -0.15) is 0 Å². The van der Waals surface area contributed by atoms with Crippen LogP contribution >= 0.6 is 0 Å². The minimum atomic E-state index is -0.340. The Labute approximate surface area is 161 Å². The van der Waals surface area contributed by atoms with E-state index in [2.05, 4.69) is 24.1 Å². The fraction of sp³-hybridized carbons (Fsp3) is 0.545. The zero-order valence-electron chi connectivity index (χ0n) is 16.7. The number of carbonyl (C=O) groups excluding carboxylic acids is 1. The topological polar surface area (TPSA) is 60.5 Å². The number of carbonyl (C=O) groups is 1. The van der Waals surface area contributed by atoms with Gasteiger partial charge in [0.25, 0.3) is 0 Å². The number of benzene rings is 1. The second-order valence-corrected chi connectivity index (χ2v) is 7.40. The highest BCUT2D eigenvalue weighted by Crippen LogP contribution is 2.35. The molecule has 1 aromatic carbocycles. The number of nitrogens with zero attached hydrogens (tertiary/aromatic N) is 1. The zero-order chi connectivity index (χ0) is 19.4. The van der Waals surface area contributed by atoms with Crippen molar-refractivity contribution >= 4 is 22.6 Å². The molecule has 1 saturated carbocycles. The highest BCUT2D eigenvalue weighted by molar-refractivity contribution is 6.05. The first-order valence-electron chi connectivity index (χ1n) is 10.0. The first-order valence-corrected chi connectivity index (χ1v) is 10.0. The van der Waals surface area contributed by atoms with Crippen LogP contribution in [0.15, 0.2) is 24.4 Å². The molecule has 5 nitrogen and oxygen atoms in total. The van der Waals surface area contributed by atoms with Gasteiger partial charge in [-0.05, 0) is 50.3 Å². The number of aromatic nitrogens is 1. The van der Waals surface area contributed by atoms with Gasteiger partial charge in [-0.25, -0.2) is 4.79 Å². The number of esters is 1. The van der Waals surface area contributed by atoms with E-state index in [1.807, 2.05) is 32.0 Å². The molecule has 0 spiro atoms. The van der Waals surface area contributed by atoms with Crippen molar-refractivity contribution in [2.75, 3.05) is 18.5 Å². The van der Waals surface area contributed by atoms with Gasteiger partial charge < -0.3 is 14.8 Å². The van der Waals surface area contributed by atoms with Crippen molar-refractivity contribution in [1.29, 1.82) is 0 Å². The molecule has 3 rings (SSSR count). The summed E-state index contributed by atoms with van der Waals surface area (Å²) in [6.07, 6.45) is 5.18. The molecule has 1 aliphatic carbocycles. The minimum absolute atomic E-state index is 0.322. The van der Waals surface area contributed by atoms with Gasteiger partial charge in [0.05, 0.1) is 24.4 Å². The number of hydrogen-bond donors (Lipinski definition) is 1. The SMILES string of the molecule is CCOC(=O)c1cnc2ccc(OCC)cc2c1NC1CCCC(C)C1C. The predicted molar refractivity (Wildman–Crippen MR) is 108 cm³/mol. The van der Waals surface area contributed by atoms with E-state index < -0.39 is 0 Å². The van der Waals surface area contributed by atoms with E-state index in [0.29, 0.717) is 36.7 Å². The van der Waals surface area contributed by atoms with Crippen LogP contribution in [-0.2, 0) is 4.74 Å². The number of rotatable bonds is 6. The highest BCUT2D eigenvalue weighted by Gasteiger charge is 2.29. The lowest BCUT2D eigenvalue weighted by Crippen LogP contribution is -2.35. The molecule has 0 aliphatic heterocycles. The van der Waals surface area contributed by atoms with Crippen LogP contribution in [0.3, 0.4) is 0 Å². The van der Waals surface area contributed by atoms with Crippen LogP contribution in [0.25, 0.3) is 10.9 Å². The third-order valence-electron chi connectivity index (χ3n) is 5.68. The van der Waals surface area contributed by atoms with E-state index in [1.165, 1.54) is 12.8 Å². The van der Waals surface area contributed by atoms with Crippen LogP contribution in [0.2, 0.25) is 0 Å². The minimum Gasteiger partial charge on any atom is -0.494 e. The van der Waals surface area contributed by atoms with Gasteiger partial charge in [0, 0.05) is 17.6 Å². The molecule has 1 aromatic heterocycles. The summed E-state index contributed by atoms with van der Waals surface area (Å²) < 4.78 is 11.0. The number of fused-ring (bicyclic) bond motifs is 1. The summed E-state index contributed by atoms with van der Waals surface area (Å²) in [5.41, 5.74) is 2.14. The van der Waals surface area contributed by atoms with Crippen LogP contribution in [0.4, 0.5) is 5.69 Å². The van der Waals surface area contributed by atoms with Gasteiger partial charge in [0.2, 0.25) is 0 Å². The van der Waals surface area contributed by atoms with E-state index >= 15 is 0 Å². The fourth-order valence-corrected chi connectivity index (χ4v) is 3.92. The quantitative estimate of drug-likeness (QED) is 0.721. The van der Waals surface area contributed by atoms with Crippen molar-refractivity contribution in [3.8, 4) is 5.75 Å².